The molecular formula is C21H21N3O9. The number of nitrogens with one attached hydrogen (secondary N) is 2. The van der Waals surface area contributed by atoms with E-state index in [9.17, 15) is 29.3 Å². The summed E-state index contributed by atoms with van der Waals surface area (Å²) in [7, 11) is 1.12. The Hall–Kier alpha value is -4.48. The Morgan fingerprint density at radius 2 is 1.67 bits per heavy atom. The second-order valence-corrected chi connectivity index (χ2v) is 6.48. The van der Waals surface area contributed by atoms with Gasteiger partial charge in [-0.15, -0.1) is 0 Å². The van der Waals surface area contributed by atoms with E-state index in [0.717, 1.165) is 24.8 Å². The molecule has 0 radical (unpaired) electrons. The molecule has 0 fully saturated rings. The lowest BCUT2D eigenvalue weighted by atomic mass is 10.2. The van der Waals surface area contributed by atoms with Crippen molar-refractivity contribution in [1.82, 2.24) is 10.6 Å². The van der Waals surface area contributed by atoms with Crippen molar-refractivity contribution in [2.45, 2.75) is 19.1 Å². The summed E-state index contributed by atoms with van der Waals surface area (Å²) < 4.78 is 14.5. The lowest BCUT2D eigenvalue weighted by Crippen LogP contribution is -2.49. The van der Waals surface area contributed by atoms with Gasteiger partial charge in [-0.1, -0.05) is 30.3 Å². The first-order chi connectivity index (χ1) is 15.8. The highest BCUT2D eigenvalue weighted by atomic mass is 16.6. The lowest BCUT2D eigenvalue weighted by Gasteiger charge is -2.17. The standard InChI is InChI=1S/C21H21N3O9/c1-31-18(25)11-17(23-21(28)32-13-14-5-3-2-4-6-14)20(27)22-12-19(26)33-16-9-7-15(8-10-16)24(29)30/h2-10,17H,11-13H2,1H3,(H,22,27)(H,23,28)/t17-/m1/s1. The summed E-state index contributed by atoms with van der Waals surface area (Å²) in [6, 6.07) is 12.2. The van der Waals surface area contributed by atoms with Crippen LogP contribution in [0.2, 0.25) is 0 Å². The number of hydrogen-bond acceptors (Lipinski definition) is 9. The van der Waals surface area contributed by atoms with Gasteiger partial charge in [-0.25, -0.2) is 9.59 Å². The molecule has 174 valence electrons. The van der Waals surface area contributed by atoms with Crippen molar-refractivity contribution in [3.63, 3.8) is 0 Å². The third kappa shape index (κ3) is 8.65. The molecule has 12 nitrogen and oxygen atoms in total. The molecule has 2 rings (SSSR count). The van der Waals surface area contributed by atoms with Gasteiger partial charge in [-0.2, -0.15) is 0 Å². The molecule has 33 heavy (non-hydrogen) atoms. The highest BCUT2D eigenvalue weighted by molar-refractivity contribution is 5.91. The molecule has 0 heterocycles. The van der Waals surface area contributed by atoms with Crippen molar-refractivity contribution < 1.29 is 38.3 Å². The number of rotatable bonds is 10. The Morgan fingerprint density at radius 3 is 2.27 bits per heavy atom. The molecule has 12 heteroatoms. The van der Waals surface area contributed by atoms with Crippen LogP contribution in [0.3, 0.4) is 0 Å². The lowest BCUT2D eigenvalue weighted by molar-refractivity contribution is -0.384. The Labute approximate surface area is 188 Å². The highest BCUT2D eigenvalue weighted by Gasteiger charge is 2.25. The Morgan fingerprint density at radius 1 is 1.00 bits per heavy atom. The van der Waals surface area contributed by atoms with Crippen LogP contribution in [-0.2, 0) is 30.5 Å². The number of esters is 2. The largest absolute Gasteiger partial charge is 0.469 e. The van der Waals surface area contributed by atoms with Gasteiger partial charge in [0.2, 0.25) is 5.91 Å². The number of ether oxygens (including phenoxy) is 3. The fourth-order valence-corrected chi connectivity index (χ4v) is 2.45. The fraction of sp³-hybridized carbons (Fsp3) is 0.238. The Bertz CT molecular complexity index is 994. The molecule has 0 bridgehead atoms. The van der Waals surface area contributed by atoms with E-state index in [0.29, 0.717) is 0 Å². The predicted molar refractivity (Wildman–Crippen MR) is 112 cm³/mol. The van der Waals surface area contributed by atoms with E-state index in [1.165, 1.54) is 12.1 Å². The normalized spacial score (nSPS) is 10.9. The van der Waals surface area contributed by atoms with E-state index >= 15 is 0 Å². The number of benzene rings is 2. The molecule has 2 N–H and O–H groups in total. The molecule has 1 atom stereocenters. The molecule has 0 aliphatic heterocycles. The van der Waals surface area contributed by atoms with E-state index in [1.54, 1.807) is 30.3 Å². The summed E-state index contributed by atoms with van der Waals surface area (Å²) in [6.07, 6.45) is -1.45. The van der Waals surface area contributed by atoms with Crippen LogP contribution in [0.15, 0.2) is 54.6 Å². The van der Waals surface area contributed by atoms with E-state index in [1.807, 2.05) is 0 Å². The number of carbonyl (C=O) groups excluding carboxylic acids is 4. The Kier molecular flexibility index (Phi) is 9.31. The summed E-state index contributed by atoms with van der Waals surface area (Å²) in [4.78, 5) is 58.0. The molecule has 0 aliphatic carbocycles. The van der Waals surface area contributed by atoms with Crippen molar-refractivity contribution in [3.8, 4) is 5.75 Å². The molecule has 0 aliphatic rings. The fourth-order valence-electron chi connectivity index (χ4n) is 2.45. The van der Waals surface area contributed by atoms with Crippen LogP contribution in [0, 0.1) is 10.1 Å². The maximum atomic E-state index is 12.4. The van der Waals surface area contributed by atoms with Crippen molar-refractivity contribution in [2.24, 2.45) is 0 Å². The maximum Gasteiger partial charge on any atom is 0.408 e. The molecule has 2 amide bonds. The summed E-state index contributed by atoms with van der Waals surface area (Å²) in [6.45, 7) is -0.644. The van der Waals surface area contributed by atoms with Crippen LogP contribution in [0.25, 0.3) is 0 Å². The summed E-state index contributed by atoms with van der Waals surface area (Å²) in [5.41, 5.74) is 0.537. The van der Waals surface area contributed by atoms with Gasteiger partial charge < -0.3 is 24.8 Å². The monoisotopic (exact) mass is 459 g/mol. The summed E-state index contributed by atoms with van der Waals surface area (Å²) in [5.74, 6) is -2.46. The molecule has 0 spiro atoms. The van der Waals surface area contributed by atoms with Crippen LogP contribution in [0.5, 0.6) is 5.75 Å². The second kappa shape index (κ2) is 12.4. The van der Waals surface area contributed by atoms with Gasteiger partial charge in [0.1, 0.15) is 24.9 Å². The maximum absolute atomic E-state index is 12.4. The first-order valence-electron chi connectivity index (χ1n) is 9.55. The van der Waals surface area contributed by atoms with Gasteiger partial charge >= 0.3 is 18.0 Å². The summed E-state index contributed by atoms with van der Waals surface area (Å²) in [5, 5.41) is 15.1. The molecular weight excluding hydrogens is 438 g/mol. The van der Waals surface area contributed by atoms with Crippen molar-refractivity contribution in [2.75, 3.05) is 13.7 Å². The van der Waals surface area contributed by atoms with Crippen molar-refractivity contribution >= 4 is 29.6 Å². The van der Waals surface area contributed by atoms with Crippen LogP contribution in [0.4, 0.5) is 10.5 Å². The average Bonchev–Trinajstić information content (AvgIpc) is 2.81. The van der Waals surface area contributed by atoms with E-state index in [-0.39, 0.29) is 18.0 Å². The van der Waals surface area contributed by atoms with Gasteiger partial charge in [0, 0.05) is 12.1 Å². The smallest absolute Gasteiger partial charge is 0.408 e. The summed E-state index contributed by atoms with van der Waals surface area (Å²) >= 11 is 0. The number of nitro benzene ring substituents is 1. The van der Waals surface area contributed by atoms with E-state index in [4.69, 9.17) is 9.47 Å². The first-order valence-corrected chi connectivity index (χ1v) is 9.55. The molecule has 2 aromatic carbocycles. The van der Waals surface area contributed by atoms with Crippen LogP contribution in [0.1, 0.15) is 12.0 Å². The molecule has 0 aromatic heterocycles. The van der Waals surface area contributed by atoms with Gasteiger partial charge in [0.05, 0.1) is 18.5 Å². The van der Waals surface area contributed by atoms with Gasteiger partial charge in [-0.3, -0.25) is 19.7 Å². The highest BCUT2D eigenvalue weighted by Crippen LogP contribution is 2.17. The third-order valence-electron chi connectivity index (χ3n) is 4.11. The molecule has 0 saturated carbocycles. The number of amides is 2. The number of non-ortho nitro benzene ring substituents is 1. The second-order valence-electron chi connectivity index (χ2n) is 6.48. The van der Waals surface area contributed by atoms with E-state index in [2.05, 4.69) is 15.4 Å². The molecule has 0 unspecified atom stereocenters. The van der Waals surface area contributed by atoms with Crippen molar-refractivity contribution in [3.05, 3.63) is 70.3 Å². The number of carbonyl (C=O) groups is 4. The number of hydrogen-bond donors (Lipinski definition) is 2. The van der Waals surface area contributed by atoms with Crippen LogP contribution >= 0.6 is 0 Å². The zero-order valence-electron chi connectivity index (χ0n) is 17.5. The predicted octanol–water partition coefficient (Wildman–Crippen LogP) is 1.47. The molecule has 0 saturated heterocycles. The van der Waals surface area contributed by atoms with Gasteiger partial charge in [0.25, 0.3) is 5.69 Å². The minimum atomic E-state index is -1.37. The van der Waals surface area contributed by atoms with E-state index < -0.39 is 47.9 Å². The number of methoxy groups -OCH3 is 1. The SMILES string of the molecule is COC(=O)C[C@@H](NC(=O)OCc1ccccc1)C(=O)NCC(=O)Oc1ccc([N+](=O)[O-])cc1. The third-order valence-corrected chi connectivity index (χ3v) is 4.11. The van der Waals surface area contributed by atoms with Crippen LogP contribution < -0.4 is 15.4 Å². The number of nitrogens with zero attached hydrogens (tertiary/aromatic N) is 1. The topological polar surface area (TPSA) is 163 Å². The molecule has 2 aromatic rings. The Balaban J connectivity index is 1.88. The number of nitro groups is 1. The van der Waals surface area contributed by atoms with Crippen molar-refractivity contribution in [1.29, 1.82) is 0 Å². The van der Waals surface area contributed by atoms with Crippen LogP contribution in [-0.4, -0.2) is 48.6 Å². The first kappa shape index (κ1) is 24.8. The minimum absolute atomic E-state index is 0.0357. The zero-order valence-corrected chi connectivity index (χ0v) is 17.5. The average molecular weight is 459 g/mol. The zero-order chi connectivity index (χ0) is 24.2. The van der Waals surface area contributed by atoms with Gasteiger partial charge in [-0.05, 0) is 17.7 Å². The number of alkyl carbamates (subject to hydrolysis) is 1. The minimum Gasteiger partial charge on any atom is -0.469 e. The van der Waals surface area contributed by atoms with Gasteiger partial charge in [0.15, 0.2) is 0 Å². The quantitative estimate of drug-likeness (QED) is 0.232.